The first-order valence-electron chi connectivity index (χ1n) is 5.78. The SMILES string of the molecule is C/C=C/CNCCc1c[nH]c2ccccc12.Cl. The third-order valence-corrected chi connectivity index (χ3v) is 2.74. The molecule has 0 unspecified atom stereocenters. The molecule has 0 aliphatic rings. The number of fused-ring (bicyclic) bond motifs is 1. The second kappa shape index (κ2) is 7.15. The van der Waals surface area contributed by atoms with Gasteiger partial charge < -0.3 is 10.3 Å². The monoisotopic (exact) mass is 250 g/mol. The number of benzene rings is 1. The number of hydrogen-bond acceptors (Lipinski definition) is 1. The zero-order valence-corrected chi connectivity index (χ0v) is 10.9. The van der Waals surface area contributed by atoms with Gasteiger partial charge in [-0.3, -0.25) is 0 Å². The van der Waals surface area contributed by atoms with Crippen molar-refractivity contribution in [1.82, 2.24) is 10.3 Å². The van der Waals surface area contributed by atoms with Crippen LogP contribution in [0, 0.1) is 0 Å². The van der Waals surface area contributed by atoms with Gasteiger partial charge in [-0.05, 0) is 31.5 Å². The lowest BCUT2D eigenvalue weighted by Crippen LogP contribution is -2.16. The predicted molar refractivity (Wildman–Crippen MR) is 76.9 cm³/mol. The Bertz CT molecular complexity index is 474. The molecule has 3 heteroatoms. The Labute approximate surface area is 109 Å². The fourth-order valence-electron chi connectivity index (χ4n) is 1.86. The predicted octanol–water partition coefficient (Wildman–Crippen LogP) is 3.30. The van der Waals surface area contributed by atoms with E-state index in [1.54, 1.807) is 0 Å². The van der Waals surface area contributed by atoms with Crippen LogP contribution in [0.2, 0.25) is 0 Å². The number of allylic oxidation sites excluding steroid dienone is 1. The largest absolute Gasteiger partial charge is 0.361 e. The molecule has 0 amide bonds. The normalized spacial score (nSPS) is 10.9. The van der Waals surface area contributed by atoms with Crippen LogP contribution in [0.3, 0.4) is 0 Å². The van der Waals surface area contributed by atoms with E-state index in [1.165, 1.54) is 16.5 Å². The van der Waals surface area contributed by atoms with Crippen molar-refractivity contribution in [2.24, 2.45) is 0 Å². The molecule has 0 spiro atoms. The third kappa shape index (κ3) is 3.62. The molecule has 2 nitrogen and oxygen atoms in total. The molecule has 0 aliphatic carbocycles. The number of aromatic amines is 1. The molecule has 0 saturated heterocycles. The number of rotatable bonds is 5. The Morgan fingerprint density at radius 1 is 1.29 bits per heavy atom. The smallest absolute Gasteiger partial charge is 0.0456 e. The molecule has 0 aliphatic heterocycles. The highest BCUT2D eigenvalue weighted by molar-refractivity contribution is 5.85. The first-order valence-corrected chi connectivity index (χ1v) is 5.78. The number of nitrogens with one attached hydrogen (secondary N) is 2. The zero-order valence-electron chi connectivity index (χ0n) is 10.1. The Balaban J connectivity index is 0.00000144. The number of H-pyrrole nitrogens is 1. The molecule has 1 aromatic carbocycles. The molecular weight excluding hydrogens is 232 g/mol. The number of para-hydroxylation sites is 1. The first-order chi connectivity index (χ1) is 7.92. The van der Waals surface area contributed by atoms with Crippen molar-refractivity contribution in [3.8, 4) is 0 Å². The average Bonchev–Trinajstić information content (AvgIpc) is 2.73. The molecule has 2 rings (SSSR count). The number of halogens is 1. The van der Waals surface area contributed by atoms with Crippen molar-refractivity contribution in [2.45, 2.75) is 13.3 Å². The van der Waals surface area contributed by atoms with Crippen LogP contribution in [-0.2, 0) is 6.42 Å². The molecule has 0 saturated carbocycles. The van der Waals surface area contributed by atoms with Gasteiger partial charge in [0.25, 0.3) is 0 Å². The summed E-state index contributed by atoms with van der Waals surface area (Å²) in [4.78, 5) is 3.30. The van der Waals surface area contributed by atoms with Crippen LogP contribution in [0.1, 0.15) is 12.5 Å². The molecular formula is C14H19ClN2. The number of aromatic nitrogens is 1. The standard InChI is InChI=1S/C14H18N2.ClH/c1-2-3-9-15-10-8-12-11-16-14-7-5-4-6-13(12)14;/h2-7,11,15-16H,8-10H2,1H3;1H/b3-2+;. The zero-order chi connectivity index (χ0) is 11.2. The summed E-state index contributed by atoms with van der Waals surface area (Å²) in [6.45, 7) is 4.02. The summed E-state index contributed by atoms with van der Waals surface area (Å²) in [7, 11) is 0. The van der Waals surface area contributed by atoms with Gasteiger partial charge in [0.15, 0.2) is 0 Å². The van der Waals surface area contributed by atoms with Crippen molar-refractivity contribution in [3.05, 3.63) is 48.2 Å². The Morgan fingerprint density at radius 2 is 2.12 bits per heavy atom. The molecule has 2 aromatic rings. The van der Waals surface area contributed by atoms with Crippen molar-refractivity contribution in [2.75, 3.05) is 13.1 Å². The van der Waals surface area contributed by atoms with Crippen LogP contribution >= 0.6 is 12.4 Å². The Hall–Kier alpha value is -1.25. The maximum Gasteiger partial charge on any atom is 0.0456 e. The van der Waals surface area contributed by atoms with E-state index in [-0.39, 0.29) is 12.4 Å². The third-order valence-electron chi connectivity index (χ3n) is 2.74. The van der Waals surface area contributed by atoms with E-state index in [0.29, 0.717) is 0 Å². The second-order valence-electron chi connectivity index (χ2n) is 3.88. The quantitative estimate of drug-likeness (QED) is 0.619. The second-order valence-corrected chi connectivity index (χ2v) is 3.88. The summed E-state index contributed by atoms with van der Waals surface area (Å²) in [5.41, 5.74) is 2.62. The minimum atomic E-state index is 0. The Kier molecular flexibility index (Phi) is 5.81. The van der Waals surface area contributed by atoms with E-state index in [4.69, 9.17) is 0 Å². The van der Waals surface area contributed by atoms with E-state index in [0.717, 1.165) is 19.5 Å². The van der Waals surface area contributed by atoms with E-state index in [9.17, 15) is 0 Å². The summed E-state index contributed by atoms with van der Waals surface area (Å²) < 4.78 is 0. The van der Waals surface area contributed by atoms with Crippen molar-refractivity contribution in [3.63, 3.8) is 0 Å². The summed E-state index contributed by atoms with van der Waals surface area (Å²) in [6, 6.07) is 8.44. The van der Waals surface area contributed by atoms with Crippen LogP contribution in [0.25, 0.3) is 10.9 Å². The molecule has 1 heterocycles. The minimum Gasteiger partial charge on any atom is -0.361 e. The first kappa shape index (κ1) is 13.8. The molecule has 0 fully saturated rings. The van der Waals surface area contributed by atoms with E-state index in [1.807, 2.05) is 6.92 Å². The molecule has 17 heavy (non-hydrogen) atoms. The molecule has 92 valence electrons. The molecule has 0 radical (unpaired) electrons. The van der Waals surface area contributed by atoms with Gasteiger partial charge in [-0.15, -0.1) is 12.4 Å². The van der Waals surface area contributed by atoms with E-state index in [2.05, 4.69) is 52.9 Å². The molecule has 0 atom stereocenters. The summed E-state index contributed by atoms with van der Waals surface area (Å²) in [5.74, 6) is 0. The molecule has 2 N–H and O–H groups in total. The summed E-state index contributed by atoms with van der Waals surface area (Å²) >= 11 is 0. The molecule has 1 aromatic heterocycles. The van der Waals surface area contributed by atoms with E-state index >= 15 is 0 Å². The van der Waals surface area contributed by atoms with Gasteiger partial charge in [0.05, 0.1) is 0 Å². The average molecular weight is 251 g/mol. The lowest BCUT2D eigenvalue weighted by Gasteiger charge is -2.00. The highest BCUT2D eigenvalue weighted by Crippen LogP contribution is 2.17. The van der Waals surface area contributed by atoms with Crippen LogP contribution in [0.5, 0.6) is 0 Å². The van der Waals surface area contributed by atoms with Gasteiger partial charge in [-0.2, -0.15) is 0 Å². The van der Waals surface area contributed by atoms with Gasteiger partial charge in [0.1, 0.15) is 0 Å². The summed E-state index contributed by atoms with van der Waals surface area (Å²) in [5, 5.41) is 4.73. The van der Waals surface area contributed by atoms with Gasteiger partial charge in [0, 0.05) is 23.6 Å². The fourth-order valence-corrected chi connectivity index (χ4v) is 1.86. The van der Waals surface area contributed by atoms with Crippen LogP contribution in [0.4, 0.5) is 0 Å². The van der Waals surface area contributed by atoms with Crippen molar-refractivity contribution >= 4 is 23.3 Å². The van der Waals surface area contributed by atoms with Gasteiger partial charge >= 0.3 is 0 Å². The van der Waals surface area contributed by atoms with Gasteiger partial charge in [-0.25, -0.2) is 0 Å². The lowest BCUT2D eigenvalue weighted by atomic mass is 10.1. The van der Waals surface area contributed by atoms with Crippen LogP contribution < -0.4 is 5.32 Å². The van der Waals surface area contributed by atoms with Crippen molar-refractivity contribution in [1.29, 1.82) is 0 Å². The fraction of sp³-hybridized carbons (Fsp3) is 0.286. The topological polar surface area (TPSA) is 27.8 Å². The van der Waals surface area contributed by atoms with Crippen molar-refractivity contribution < 1.29 is 0 Å². The lowest BCUT2D eigenvalue weighted by molar-refractivity contribution is 0.746. The van der Waals surface area contributed by atoms with Crippen LogP contribution in [0.15, 0.2) is 42.6 Å². The maximum atomic E-state index is 3.39. The highest BCUT2D eigenvalue weighted by Gasteiger charge is 2.01. The Morgan fingerprint density at radius 3 is 2.94 bits per heavy atom. The van der Waals surface area contributed by atoms with E-state index < -0.39 is 0 Å². The minimum absolute atomic E-state index is 0. The maximum absolute atomic E-state index is 3.39. The summed E-state index contributed by atoms with van der Waals surface area (Å²) in [6.07, 6.45) is 7.39. The molecule has 0 bridgehead atoms. The number of hydrogen-bond donors (Lipinski definition) is 2. The van der Waals surface area contributed by atoms with Gasteiger partial charge in [0.2, 0.25) is 0 Å². The van der Waals surface area contributed by atoms with Crippen LogP contribution in [-0.4, -0.2) is 18.1 Å². The van der Waals surface area contributed by atoms with Gasteiger partial charge in [-0.1, -0.05) is 30.4 Å². The highest BCUT2D eigenvalue weighted by atomic mass is 35.5.